The summed E-state index contributed by atoms with van der Waals surface area (Å²) >= 11 is 0. The van der Waals surface area contributed by atoms with Crippen LogP contribution in [0.3, 0.4) is 0 Å². The van der Waals surface area contributed by atoms with Crippen LogP contribution in [-0.4, -0.2) is 18.2 Å². The Labute approximate surface area is 155 Å². The molecule has 0 atom stereocenters. The Bertz CT molecular complexity index is 975. The molecule has 0 unspecified atom stereocenters. The fourth-order valence-corrected chi connectivity index (χ4v) is 2.64. The number of hydrogen-bond acceptors (Lipinski definition) is 4. The van der Waals surface area contributed by atoms with Gasteiger partial charge in [0, 0.05) is 21.2 Å². The first-order chi connectivity index (χ1) is 12.9. The summed E-state index contributed by atoms with van der Waals surface area (Å²) in [6, 6.07) is 13.0. The Morgan fingerprint density at radius 1 is 0.815 bits per heavy atom. The van der Waals surface area contributed by atoms with Crippen molar-refractivity contribution in [3.8, 4) is 0 Å². The Morgan fingerprint density at radius 3 is 1.48 bits per heavy atom. The van der Waals surface area contributed by atoms with Crippen LogP contribution in [0.25, 0.3) is 33.0 Å². The van der Waals surface area contributed by atoms with E-state index in [1.807, 2.05) is 0 Å². The lowest BCUT2D eigenvalue weighted by molar-refractivity contribution is 0.481. The molecule has 27 heavy (non-hydrogen) atoms. The molecule has 0 aromatic heterocycles. The van der Waals surface area contributed by atoms with Crippen LogP contribution < -0.4 is 0 Å². The van der Waals surface area contributed by atoms with E-state index in [4.69, 9.17) is 11.1 Å². The maximum absolute atomic E-state index is 11.6. The second-order valence-electron chi connectivity index (χ2n) is 5.26. The number of rotatable bonds is 7. The minimum absolute atomic E-state index is 0.435. The molecule has 2 aromatic rings. The van der Waals surface area contributed by atoms with Gasteiger partial charge in [-0.15, -0.1) is 0 Å². The van der Waals surface area contributed by atoms with E-state index in [0.29, 0.717) is 22.5 Å². The van der Waals surface area contributed by atoms with E-state index >= 15 is 0 Å². The molecule has 0 heterocycles. The van der Waals surface area contributed by atoms with Gasteiger partial charge in [0.15, 0.2) is 0 Å². The van der Waals surface area contributed by atoms with Gasteiger partial charge in [-0.05, 0) is 22.2 Å². The van der Waals surface area contributed by atoms with E-state index in [0.717, 1.165) is 0 Å². The van der Waals surface area contributed by atoms with Gasteiger partial charge in [-0.1, -0.05) is 83.1 Å². The van der Waals surface area contributed by atoms with Gasteiger partial charge in [0.1, 0.15) is 5.25 Å². The standard InChI is InChI=1S/C17H14N6O3S/c18-22-20-15-7-1-13(2-8-15)5-11-17(27(24,25)26)12-6-14-3-9-16(10-4-14)21-23-19/h1-12,17H,(H,24,25,26). The van der Waals surface area contributed by atoms with Crippen molar-refractivity contribution < 1.29 is 13.0 Å². The Hall–Kier alpha value is -3.55. The molecule has 1 N–H and O–H groups in total. The predicted molar refractivity (Wildman–Crippen MR) is 104 cm³/mol. The van der Waals surface area contributed by atoms with E-state index in [1.54, 1.807) is 48.5 Å². The molecule has 0 fully saturated rings. The van der Waals surface area contributed by atoms with Crippen LogP contribution >= 0.6 is 0 Å². The van der Waals surface area contributed by atoms with E-state index in [-0.39, 0.29) is 0 Å². The third-order valence-corrected chi connectivity index (χ3v) is 4.41. The molecular formula is C17H14N6O3S. The third-order valence-electron chi connectivity index (χ3n) is 3.41. The molecule has 0 saturated heterocycles. The highest BCUT2D eigenvalue weighted by atomic mass is 32.2. The highest BCUT2D eigenvalue weighted by Crippen LogP contribution is 2.17. The van der Waals surface area contributed by atoms with E-state index in [2.05, 4.69) is 20.1 Å². The van der Waals surface area contributed by atoms with E-state index in [1.165, 1.54) is 24.3 Å². The predicted octanol–water partition coefficient (Wildman–Crippen LogP) is 5.55. The summed E-state index contributed by atoms with van der Waals surface area (Å²) in [5.41, 5.74) is 19.0. The van der Waals surface area contributed by atoms with Crippen molar-refractivity contribution in [2.45, 2.75) is 5.25 Å². The monoisotopic (exact) mass is 382 g/mol. The van der Waals surface area contributed by atoms with Crippen molar-refractivity contribution in [3.63, 3.8) is 0 Å². The summed E-state index contributed by atoms with van der Waals surface area (Å²) < 4.78 is 32.6. The molecule has 0 saturated carbocycles. The molecular weight excluding hydrogens is 368 g/mol. The first kappa shape index (κ1) is 19.8. The molecule has 0 amide bonds. The molecule has 0 spiro atoms. The Morgan fingerprint density at radius 2 is 1.19 bits per heavy atom. The molecule has 10 heteroatoms. The van der Waals surface area contributed by atoms with Gasteiger partial charge in [0.2, 0.25) is 0 Å². The number of hydrogen-bond donors (Lipinski definition) is 1. The molecule has 0 bridgehead atoms. The van der Waals surface area contributed by atoms with Crippen molar-refractivity contribution in [1.82, 2.24) is 0 Å². The van der Waals surface area contributed by atoms with Gasteiger partial charge in [-0.25, -0.2) is 0 Å². The minimum Gasteiger partial charge on any atom is -0.285 e. The third kappa shape index (κ3) is 6.35. The van der Waals surface area contributed by atoms with Crippen molar-refractivity contribution >= 4 is 33.6 Å². The molecule has 136 valence electrons. The summed E-state index contributed by atoms with van der Waals surface area (Å²) in [6.07, 6.45) is 5.74. The number of nitrogens with zero attached hydrogens (tertiary/aromatic N) is 6. The molecule has 9 nitrogen and oxygen atoms in total. The smallest absolute Gasteiger partial charge is 0.275 e. The largest absolute Gasteiger partial charge is 0.285 e. The van der Waals surface area contributed by atoms with Crippen molar-refractivity contribution in [1.29, 1.82) is 0 Å². The molecule has 0 aliphatic heterocycles. The van der Waals surface area contributed by atoms with Crippen LogP contribution in [0.1, 0.15) is 11.1 Å². The average Bonchev–Trinajstić information content (AvgIpc) is 2.64. The Balaban J connectivity index is 2.19. The SMILES string of the molecule is [N-]=[N+]=Nc1ccc(C=CC(C=Cc2ccc(N=[N+]=[N-])cc2)S(=O)(=O)O)cc1. The molecule has 2 aromatic carbocycles. The summed E-state index contributed by atoms with van der Waals surface area (Å²) in [5.74, 6) is 0. The van der Waals surface area contributed by atoms with E-state index < -0.39 is 15.4 Å². The Kier molecular flexibility index (Phi) is 6.76. The first-order valence-corrected chi connectivity index (χ1v) is 9.06. The van der Waals surface area contributed by atoms with Crippen LogP contribution in [0.4, 0.5) is 11.4 Å². The zero-order valence-electron chi connectivity index (χ0n) is 13.9. The molecule has 0 aliphatic rings. The summed E-state index contributed by atoms with van der Waals surface area (Å²) in [5, 5.41) is 5.65. The van der Waals surface area contributed by atoms with Crippen LogP contribution in [0.2, 0.25) is 0 Å². The lowest BCUT2D eigenvalue weighted by Gasteiger charge is -2.04. The molecule has 0 aliphatic carbocycles. The zero-order valence-corrected chi connectivity index (χ0v) is 14.7. The lowest BCUT2D eigenvalue weighted by Crippen LogP contribution is -2.14. The van der Waals surface area contributed by atoms with Crippen LogP contribution in [0.15, 0.2) is 70.9 Å². The number of azide groups is 2. The molecule has 0 radical (unpaired) electrons. The quantitative estimate of drug-likeness (QED) is 0.289. The second-order valence-corrected chi connectivity index (χ2v) is 6.83. The van der Waals surface area contributed by atoms with Gasteiger partial charge in [0.05, 0.1) is 0 Å². The normalized spacial score (nSPS) is 12.5. The highest BCUT2D eigenvalue weighted by Gasteiger charge is 2.16. The second kappa shape index (κ2) is 9.23. The summed E-state index contributed by atoms with van der Waals surface area (Å²) in [7, 11) is -4.35. The van der Waals surface area contributed by atoms with Crippen molar-refractivity contribution in [2.75, 3.05) is 0 Å². The summed E-state index contributed by atoms with van der Waals surface area (Å²) in [4.78, 5) is 5.35. The van der Waals surface area contributed by atoms with Gasteiger partial charge >= 0.3 is 0 Å². The topological polar surface area (TPSA) is 152 Å². The van der Waals surface area contributed by atoms with E-state index in [9.17, 15) is 13.0 Å². The highest BCUT2D eigenvalue weighted by molar-refractivity contribution is 7.86. The van der Waals surface area contributed by atoms with Crippen LogP contribution in [-0.2, 0) is 10.1 Å². The fraction of sp³-hybridized carbons (Fsp3) is 0.0588. The van der Waals surface area contributed by atoms with Gasteiger partial charge in [-0.2, -0.15) is 8.42 Å². The summed E-state index contributed by atoms with van der Waals surface area (Å²) in [6.45, 7) is 0. The molecule has 2 rings (SSSR count). The van der Waals surface area contributed by atoms with Gasteiger partial charge < -0.3 is 0 Å². The van der Waals surface area contributed by atoms with Crippen molar-refractivity contribution in [2.24, 2.45) is 10.2 Å². The first-order valence-electron chi connectivity index (χ1n) is 7.55. The van der Waals surface area contributed by atoms with Crippen LogP contribution in [0.5, 0.6) is 0 Å². The maximum atomic E-state index is 11.6. The maximum Gasteiger partial charge on any atom is 0.275 e. The van der Waals surface area contributed by atoms with Crippen LogP contribution in [0, 0.1) is 0 Å². The fourth-order valence-electron chi connectivity index (χ4n) is 2.08. The van der Waals surface area contributed by atoms with Crippen molar-refractivity contribution in [3.05, 3.63) is 92.7 Å². The number of benzene rings is 2. The zero-order chi connectivity index (χ0) is 19.7. The van der Waals surface area contributed by atoms with Gasteiger partial charge in [0.25, 0.3) is 10.1 Å². The minimum atomic E-state index is -4.35. The lowest BCUT2D eigenvalue weighted by atomic mass is 10.1. The average molecular weight is 382 g/mol. The van der Waals surface area contributed by atoms with Gasteiger partial charge in [-0.3, -0.25) is 4.55 Å².